The number of fused-ring (bicyclic) bond motifs is 1. The van der Waals surface area contributed by atoms with Crippen LogP contribution in [0.4, 0.5) is 5.88 Å². The molecule has 0 fully saturated rings. The summed E-state index contributed by atoms with van der Waals surface area (Å²) >= 11 is 0. The van der Waals surface area contributed by atoms with Crippen LogP contribution in [0.3, 0.4) is 0 Å². The van der Waals surface area contributed by atoms with Crippen molar-refractivity contribution in [1.29, 1.82) is 0 Å². The SMILES string of the molecule is C=N/C=N\c1oc2ccccc2c1C. The summed E-state index contributed by atoms with van der Waals surface area (Å²) in [7, 11) is 0. The van der Waals surface area contributed by atoms with Crippen molar-refractivity contribution < 1.29 is 4.42 Å². The molecule has 0 unspecified atom stereocenters. The van der Waals surface area contributed by atoms with Crippen molar-refractivity contribution in [3.05, 3.63) is 29.8 Å². The standard InChI is InChI=1S/C11H10N2O/c1-8-9-5-3-4-6-10(9)14-11(8)13-7-12-2/h3-7H,2H2,1H3/b13-7-. The molecule has 14 heavy (non-hydrogen) atoms. The molecule has 70 valence electrons. The molecule has 0 atom stereocenters. The number of benzene rings is 1. The van der Waals surface area contributed by atoms with Crippen LogP contribution >= 0.6 is 0 Å². The van der Waals surface area contributed by atoms with Gasteiger partial charge in [0.15, 0.2) is 0 Å². The van der Waals surface area contributed by atoms with Gasteiger partial charge in [0.25, 0.3) is 0 Å². The molecule has 0 aliphatic carbocycles. The normalized spacial score (nSPS) is 11.2. The Morgan fingerprint density at radius 1 is 1.36 bits per heavy atom. The maximum atomic E-state index is 5.52. The lowest BCUT2D eigenvalue weighted by molar-refractivity contribution is 0.623. The molecule has 3 heteroatoms. The van der Waals surface area contributed by atoms with Gasteiger partial charge in [0.2, 0.25) is 5.88 Å². The average Bonchev–Trinajstić information content (AvgIpc) is 2.54. The molecule has 3 nitrogen and oxygen atoms in total. The number of rotatable bonds is 2. The number of nitrogens with zero attached hydrogens (tertiary/aromatic N) is 2. The second-order valence-electron chi connectivity index (χ2n) is 2.96. The van der Waals surface area contributed by atoms with Crippen molar-refractivity contribution in [2.24, 2.45) is 9.98 Å². The summed E-state index contributed by atoms with van der Waals surface area (Å²) in [6.45, 7) is 5.29. The maximum Gasteiger partial charge on any atom is 0.224 e. The molecular weight excluding hydrogens is 176 g/mol. The average molecular weight is 186 g/mol. The number of hydrogen-bond acceptors (Lipinski definition) is 2. The molecule has 0 aliphatic heterocycles. The van der Waals surface area contributed by atoms with Gasteiger partial charge >= 0.3 is 0 Å². The first-order valence-electron chi connectivity index (χ1n) is 4.29. The molecule has 0 saturated carbocycles. The smallest absolute Gasteiger partial charge is 0.224 e. The minimum atomic E-state index is 0.596. The van der Waals surface area contributed by atoms with Crippen molar-refractivity contribution >= 4 is 29.9 Å². The fraction of sp³-hybridized carbons (Fsp3) is 0.0909. The van der Waals surface area contributed by atoms with Gasteiger partial charge in [-0.1, -0.05) is 18.2 Å². The third-order valence-electron chi connectivity index (χ3n) is 2.08. The highest BCUT2D eigenvalue weighted by Crippen LogP contribution is 2.30. The molecule has 0 radical (unpaired) electrons. The zero-order valence-electron chi connectivity index (χ0n) is 7.90. The molecule has 0 aliphatic rings. The maximum absolute atomic E-state index is 5.52. The van der Waals surface area contributed by atoms with E-state index in [1.165, 1.54) is 6.34 Å². The molecule has 2 aromatic rings. The highest BCUT2D eigenvalue weighted by atomic mass is 16.3. The van der Waals surface area contributed by atoms with E-state index in [0.29, 0.717) is 5.88 Å². The van der Waals surface area contributed by atoms with E-state index in [2.05, 4.69) is 16.7 Å². The van der Waals surface area contributed by atoms with E-state index in [1.807, 2.05) is 31.2 Å². The first kappa shape index (κ1) is 8.69. The van der Waals surface area contributed by atoms with E-state index in [9.17, 15) is 0 Å². The van der Waals surface area contributed by atoms with Gasteiger partial charge < -0.3 is 4.42 Å². The lowest BCUT2D eigenvalue weighted by atomic mass is 10.2. The second-order valence-corrected chi connectivity index (χ2v) is 2.96. The lowest BCUT2D eigenvalue weighted by Crippen LogP contribution is -1.67. The predicted octanol–water partition coefficient (Wildman–Crippen LogP) is 3.10. The lowest BCUT2D eigenvalue weighted by Gasteiger charge is -1.86. The Kier molecular flexibility index (Phi) is 2.14. The van der Waals surface area contributed by atoms with Crippen LogP contribution in [0, 0.1) is 6.92 Å². The molecule has 1 heterocycles. The Hall–Kier alpha value is -1.90. The van der Waals surface area contributed by atoms with Crippen molar-refractivity contribution in [2.75, 3.05) is 0 Å². The van der Waals surface area contributed by atoms with Gasteiger partial charge in [-0.25, -0.2) is 4.99 Å². The van der Waals surface area contributed by atoms with E-state index < -0.39 is 0 Å². The minimum Gasteiger partial charge on any atom is -0.438 e. The largest absolute Gasteiger partial charge is 0.438 e. The first-order valence-corrected chi connectivity index (χ1v) is 4.29. The van der Waals surface area contributed by atoms with Crippen molar-refractivity contribution in [3.63, 3.8) is 0 Å². The highest BCUT2D eigenvalue weighted by molar-refractivity contribution is 5.85. The van der Waals surface area contributed by atoms with Gasteiger partial charge in [0.05, 0.1) is 0 Å². The Morgan fingerprint density at radius 3 is 2.86 bits per heavy atom. The Bertz CT molecular complexity index is 497. The zero-order chi connectivity index (χ0) is 9.97. The number of aliphatic imine (C=N–C) groups is 2. The van der Waals surface area contributed by atoms with E-state index in [1.54, 1.807) is 0 Å². The molecule has 0 spiro atoms. The molecule has 0 N–H and O–H groups in total. The summed E-state index contributed by atoms with van der Waals surface area (Å²) in [5.41, 5.74) is 1.88. The van der Waals surface area contributed by atoms with Gasteiger partial charge in [-0.05, 0) is 19.7 Å². The van der Waals surface area contributed by atoms with Crippen LogP contribution in [0.2, 0.25) is 0 Å². The number of hydrogen-bond donors (Lipinski definition) is 0. The first-order chi connectivity index (χ1) is 6.83. The summed E-state index contributed by atoms with van der Waals surface area (Å²) < 4.78 is 5.52. The summed E-state index contributed by atoms with van der Waals surface area (Å²) in [4.78, 5) is 7.58. The molecule has 0 saturated heterocycles. The molecule has 0 amide bonds. The molecule has 1 aromatic heterocycles. The highest BCUT2D eigenvalue weighted by Gasteiger charge is 2.07. The van der Waals surface area contributed by atoms with Gasteiger partial charge in [0, 0.05) is 10.9 Å². The van der Waals surface area contributed by atoms with E-state index >= 15 is 0 Å². The molecule has 2 rings (SSSR count). The number of para-hydroxylation sites is 1. The molecule has 1 aromatic carbocycles. The summed E-state index contributed by atoms with van der Waals surface area (Å²) in [6.07, 6.45) is 1.38. The van der Waals surface area contributed by atoms with Crippen LogP contribution in [0.5, 0.6) is 0 Å². The number of aryl methyl sites for hydroxylation is 1. The Balaban J connectivity index is 2.62. The summed E-state index contributed by atoms with van der Waals surface area (Å²) in [5.74, 6) is 0.596. The fourth-order valence-corrected chi connectivity index (χ4v) is 1.38. The van der Waals surface area contributed by atoms with Crippen LogP contribution < -0.4 is 0 Å². The second kappa shape index (κ2) is 3.46. The third-order valence-corrected chi connectivity index (χ3v) is 2.08. The van der Waals surface area contributed by atoms with E-state index in [0.717, 1.165) is 16.5 Å². The van der Waals surface area contributed by atoms with E-state index in [-0.39, 0.29) is 0 Å². The van der Waals surface area contributed by atoms with Gasteiger partial charge in [-0.15, -0.1) is 0 Å². The fourth-order valence-electron chi connectivity index (χ4n) is 1.38. The molecular formula is C11H10N2O. The van der Waals surface area contributed by atoms with Crippen LogP contribution in [0.1, 0.15) is 5.56 Å². The zero-order valence-corrected chi connectivity index (χ0v) is 7.90. The molecule has 0 bridgehead atoms. The van der Waals surface area contributed by atoms with Gasteiger partial charge in [-0.3, -0.25) is 4.99 Å². The predicted molar refractivity (Wildman–Crippen MR) is 58.7 cm³/mol. The Labute approximate surface area is 81.8 Å². The van der Waals surface area contributed by atoms with Crippen LogP contribution in [-0.2, 0) is 0 Å². The van der Waals surface area contributed by atoms with Crippen LogP contribution in [-0.4, -0.2) is 13.1 Å². The van der Waals surface area contributed by atoms with Crippen LogP contribution in [0.25, 0.3) is 11.0 Å². The van der Waals surface area contributed by atoms with Gasteiger partial charge in [-0.2, -0.15) is 0 Å². The van der Waals surface area contributed by atoms with E-state index in [4.69, 9.17) is 4.42 Å². The minimum absolute atomic E-state index is 0.596. The van der Waals surface area contributed by atoms with Crippen molar-refractivity contribution in [3.8, 4) is 0 Å². The third kappa shape index (κ3) is 1.33. The Morgan fingerprint density at radius 2 is 2.14 bits per heavy atom. The summed E-state index contributed by atoms with van der Waals surface area (Å²) in [6, 6.07) is 7.84. The summed E-state index contributed by atoms with van der Waals surface area (Å²) in [5, 5.41) is 1.09. The van der Waals surface area contributed by atoms with Crippen molar-refractivity contribution in [2.45, 2.75) is 6.92 Å². The monoisotopic (exact) mass is 186 g/mol. The quantitative estimate of drug-likeness (QED) is 0.524. The van der Waals surface area contributed by atoms with Crippen LogP contribution in [0.15, 0.2) is 38.7 Å². The van der Waals surface area contributed by atoms with Gasteiger partial charge in [0.1, 0.15) is 11.9 Å². The van der Waals surface area contributed by atoms with Crippen molar-refractivity contribution in [1.82, 2.24) is 0 Å². The topological polar surface area (TPSA) is 37.9 Å². The number of furan rings is 1.